The molecular formula is C16H19N3O5. The summed E-state index contributed by atoms with van der Waals surface area (Å²) >= 11 is 0. The number of carboxylic acid groups (broad SMARTS) is 1. The minimum absolute atomic E-state index is 0.192. The zero-order valence-corrected chi connectivity index (χ0v) is 13.5. The summed E-state index contributed by atoms with van der Waals surface area (Å²) in [5.74, 6) is 0.254. The van der Waals surface area contributed by atoms with Crippen molar-refractivity contribution >= 4 is 11.9 Å². The first-order chi connectivity index (χ1) is 11.5. The highest BCUT2D eigenvalue weighted by molar-refractivity contribution is 5.83. The second-order valence-electron chi connectivity index (χ2n) is 5.22. The van der Waals surface area contributed by atoms with E-state index in [0.717, 1.165) is 11.3 Å². The van der Waals surface area contributed by atoms with E-state index in [0.29, 0.717) is 24.6 Å². The number of benzene rings is 1. The van der Waals surface area contributed by atoms with Crippen molar-refractivity contribution in [1.29, 1.82) is 0 Å². The van der Waals surface area contributed by atoms with Gasteiger partial charge in [-0.25, -0.2) is 0 Å². The lowest BCUT2D eigenvalue weighted by atomic mass is 10.2. The van der Waals surface area contributed by atoms with Crippen LogP contribution in [0.3, 0.4) is 0 Å². The molecule has 0 aliphatic heterocycles. The Kier molecular flexibility index (Phi) is 5.89. The maximum atomic E-state index is 11.6. The first kappa shape index (κ1) is 17.5. The highest BCUT2D eigenvalue weighted by atomic mass is 16.5. The molecule has 8 heteroatoms. The fraction of sp³-hybridized carbons (Fsp3) is 0.375. The summed E-state index contributed by atoms with van der Waals surface area (Å²) < 4.78 is 10.2. The lowest BCUT2D eigenvalue weighted by Gasteiger charge is -2.08. The Balaban J connectivity index is 1.83. The fourth-order valence-electron chi connectivity index (χ4n) is 1.99. The van der Waals surface area contributed by atoms with E-state index in [2.05, 4.69) is 15.5 Å². The van der Waals surface area contributed by atoms with E-state index in [4.69, 9.17) is 14.4 Å². The average Bonchev–Trinajstić information content (AvgIpc) is 3.03. The summed E-state index contributed by atoms with van der Waals surface area (Å²) in [5, 5.41) is 15.0. The van der Waals surface area contributed by atoms with Gasteiger partial charge in [-0.2, -0.15) is 4.98 Å². The number of aromatic nitrogens is 2. The number of carboxylic acids is 1. The van der Waals surface area contributed by atoms with Crippen LogP contribution in [0.5, 0.6) is 5.75 Å². The van der Waals surface area contributed by atoms with Gasteiger partial charge in [-0.05, 0) is 37.6 Å². The van der Waals surface area contributed by atoms with E-state index in [1.54, 1.807) is 19.2 Å². The van der Waals surface area contributed by atoms with Gasteiger partial charge in [0.15, 0.2) is 0 Å². The van der Waals surface area contributed by atoms with Gasteiger partial charge in [0.1, 0.15) is 11.8 Å². The van der Waals surface area contributed by atoms with Gasteiger partial charge in [-0.3, -0.25) is 9.59 Å². The summed E-state index contributed by atoms with van der Waals surface area (Å²) in [5.41, 5.74) is 0.804. The number of ether oxygens (including phenoxy) is 1. The zero-order valence-electron chi connectivity index (χ0n) is 13.5. The third-order valence-electron chi connectivity index (χ3n) is 3.36. The van der Waals surface area contributed by atoms with Crippen molar-refractivity contribution < 1.29 is 24.0 Å². The Morgan fingerprint density at radius 3 is 2.67 bits per heavy atom. The van der Waals surface area contributed by atoms with Gasteiger partial charge in [-0.15, -0.1) is 0 Å². The maximum Gasteiger partial charge on any atom is 0.325 e. The van der Waals surface area contributed by atoms with Crippen molar-refractivity contribution in [1.82, 2.24) is 15.5 Å². The standard InChI is InChI=1S/C16H19N3O5/c1-10(16(21)22)17-13(20)4-3-5-14-18-15(19-24-14)11-6-8-12(23-2)9-7-11/h6-10H,3-5H2,1-2H3,(H,17,20)(H,21,22). The molecule has 0 saturated carbocycles. The number of aliphatic carboxylic acids is 1. The molecule has 0 aliphatic carbocycles. The molecular weight excluding hydrogens is 314 g/mol. The van der Waals surface area contributed by atoms with Crippen LogP contribution in [0, 0.1) is 0 Å². The van der Waals surface area contributed by atoms with Gasteiger partial charge in [0.25, 0.3) is 0 Å². The summed E-state index contributed by atoms with van der Waals surface area (Å²) in [6.07, 6.45) is 1.12. The number of rotatable bonds is 8. The third kappa shape index (κ3) is 4.80. The number of carbonyl (C=O) groups is 2. The summed E-state index contributed by atoms with van der Waals surface area (Å²) in [4.78, 5) is 26.5. The molecule has 0 aliphatic rings. The second kappa shape index (κ2) is 8.09. The van der Waals surface area contributed by atoms with E-state index in [1.165, 1.54) is 6.92 Å². The second-order valence-corrected chi connectivity index (χ2v) is 5.22. The van der Waals surface area contributed by atoms with Crippen LogP contribution in [0.15, 0.2) is 28.8 Å². The molecule has 24 heavy (non-hydrogen) atoms. The number of carbonyl (C=O) groups excluding carboxylic acids is 1. The number of amides is 1. The van der Waals surface area contributed by atoms with Crippen LogP contribution in [0.1, 0.15) is 25.7 Å². The topological polar surface area (TPSA) is 115 Å². The van der Waals surface area contributed by atoms with Gasteiger partial charge >= 0.3 is 5.97 Å². The number of methoxy groups -OCH3 is 1. The molecule has 2 rings (SSSR count). The fourth-order valence-corrected chi connectivity index (χ4v) is 1.99. The van der Waals surface area contributed by atoms with E-state index in [1.807, 2.05) is 12.1 Å². The average molecular weight is 333 g/mol. The molecule has 0 saturated heterocycles. The lowest BCUT2D eigenvalue weighted by Crippen LogP contribution is -2.38. The maximum absolute atomic E-state index is 11.6. The van der Waals surface area contributed by atoms with Gasteiger partial charge in [0.2, 0.25) is 17.6 Å². The van der Waals surface area contributed by atoms with Crippen LogP contribution in [0.4, 0.5) is 0 Å². The molecule has 1 unspecified atom stereocenters. The molecule has 1 aromatic heterocycles. The molecule has 2 aromatic rings. The first-order valence-corrected chi connectivity index (χ1v) is 7.48. The molecule has 1 amide bonds. The number of nitrogens with one attached hydrogen (secondary N) is 1. The molecule has 2 N–H and O–H groups in total. The Bertz CT molecular complexity index is 696. The third-order valence-corrected chi connectivity index (χ3v) is 3.36. The highest BCUT2D eigenvalue weighted by Crippen LogP contribution is 2.20. The first-order valence-electron chi connectivity index (χ1n) is 7.48. The van der Waals surface area contributed by atoms with Gasteiger partial charge in [-0.1, -0.05) is 5.16 Å². The molecule has 1 aromatic carbocycles. The summed E-state index contributed by atoms with van der Waals surface area (Å²) in [7, 11) is 1.59. The smallest absolute Gasteiger partial charge is 0.325 e. The van der Waals surface area contributed by atoms with Crippen LogP contribution in [-0.2, 0) is 16.0 Å². The number of hydrogen-bond donors (Lipinski definition) is 2. The van der Waals surface area contributed by atoms with Crippen molar-refractivity contribution in [2.45, 2.75) is 32.2 Å². The van der Waals surface area contributed by atoms with Crippen molar-refractivity contribution in [3.05, 3.63) is 30.2 Å². The lowest BCUT2D eigenvalue weighted by molar-refractivity contribution is -0.141. The molecule has 1 heterocycles. The Morgan fingerprint density at radius 1 is 1.33 bits per heavy atom. The van der Waals surface area contributed by atoms with Crippen LogP contribution in [0.25, 0.3) is 11.4 Å². The zero-order chi connectivity index (χ0) is 17.5. The predicted octanol–water partition coefficient (Wildman–Crippen LogP) is 1.66. The molecule has 0 bridgehead atoms. The van der Waals surface area contributed by atoms with Gasteiger partial charge in [0, 0.05) is 18.4 Å². The summed E-state index contributed by atoms with van der Waals surface area (Å²) in [6, 6.07) is 6.36. The van der Waals surface area contributed by atoms with Crippen LogP contribution in [-0.4, -0.2) is 40.3 Å². The number of hydrogen-bond acceptors (Lipinski definition) is 6. The van der Waals surface area contributed by atoms with E-state index in [9.17, 15) is 9.59 Å². The van der Waals surface area contributed by atoms with E-state index >= 15 is 0 Å². The van der Waals surface area contributed by atoms with E-state index < -0.39 is 12.0 Å². The molecule has 0 fully saturated rings. The summed E-state index contributed by atoms with van der Waals surface area (Å²) in [6.45, 7) is 1.42. The normalized spacial score (nSPS) is 11.8. The SMILES string of the molecule is COc1ccc(-c2noc(CCCC(=O)NC(C)C(=O)O)n2)cc1. The quantitative estimate of drug-likeness (QED) is 0.755. The van der Waals surface area contributed by atoms with Gasteiger partial charge < -0.3 is 19.7 Å². The van der Waals surface area contributed by atoms with Crippen molar-refractivity contribution in [2.75, 3.05) is 7.11 Å². The minimum atomic E-state index is -1.07. The Hall–Kier alpha value is -2.90. The van der Waals surface area contributed by atoms with Crippen molar-refractivity contribution in [2.24, 2.45) is 0 Å². The molecule has 0 radical (unpaired) electrons. The minimum Gasteiger partial charge on any atom is -0.497 e. The molecule has 0 spiro atoms. The van der Waals surface area contributed by atoms with Crippen molar-refractivity contribution in [3.8, 4) is 17.1 Å². The largest absolute Gasteiger partial charge is 0.497 e. The number of aryl methyl sites for hydroxylation is 1. The van der Waals surface area contributed by atoms with Gasteiger partial charge in [0.05, 0.1) is 7.11 Å². The Labute approximate surface area is 138 Å². The Morgan fingerprint density at radius 2 is 2.04 bits per heavy atom. The monoisotopic (exact) mass is 333 g/mol. The highest BCUT2D eigenvalue weighted by Gasteiger charge is 2.14. The van der Waals surface area contributed by atoms with Crippen LogP contribution in [0.2, 0.25) is 0 Å². The van der Waals surface area contributed by atoms with Crippen LogP contribution < -0.4 is 10.1 Å². The van der Waals surface area contributed by atoms with Crippen LogP contribution >= 0.6 is 0 Å². The van der Waals surface area contributed by atoms with Crippen molar-refractivity contribution in [3.63, 3.8) is 0 Å². The molecule has 128 valence electrons. The molecule has 1 atom stereocenters. The van der Waals surface area contributed by atoms with E-state index in [-0.39, 0.29) is 12.3 Å². The predicted molar refractivity (Wildman–Crippen MR) is 84.5 cm³/mol. The molecule has 8 nitrogen and oxygen atoms in total. The number of nitrogens with zero attached hydrogens (tertiary/aromatic N) is 2.